The predicted molar refractivity (Wildman–Crippen MR) is 84.4 cm³/mol. The van der Waals surface area contributed by atoms with Crippen molar-refractivity contribution in [3.05, 3.63) is 42.3 Å². The van der Waals surface area contributed by atoms with Crippen LogP contribution in [-0.4, -0.2) is 37.2 Å². The lowest BCUT2D eigenvalue weighted by molar-refractivity contribution is 0.616. The Morgan fingerprint density at radius 1 is 1.24 bits per heavy atom. The van der Waals surface area contributed by atoms with Crippen molar-refractivity contribution in [3.63, 3.8) is 0 Å². The van der Waals surface area contributed by atoms with Crippen LogP contribution in [0.2, 0.25) is 0 Å². The number of anilines is 3. The highest BCUT2D eigenvalue weighted by molar-refractivity contribution is 5.45. The topological polar surface area (TPSA) is 53.1 Å². The fourth-order valence-electron chi connectivity index (χ4n) is 1.95. The molecule has 1 heterocycles. The molecule has 0 fully saturated rings. The van der Waals surface area contributed by atoms with Crippen LogP contribution >= 0.6 is 0 Å². The first kappa shape index (κ1) is 15.0. The minimum Gasteiger partial charge on any atom is -0.375 e. The quantitative estimate of drug-likeness (QED) is 0.767. The summed E-state index contributed by atoms with van der Waals surface area (Å²) in [5.74, 6) is 0.197. The van der Waals surface area contributed by atoms with Crippen molar-refractivity contribution in [2.75, 3.05) is 42.7 Å². The van der Waals surface area contributed by atoms with Gasteiger partial charge in [-0.15, -0.1) is 0 Å². The van der Waals surface area contributed by atoms with Crippen LogP contribution in [0.4, 0.5) is 21.8 Å². The van der Waals surface area contributed by atoms with Crippen molar-refractivity contribution in [3.8, 4) is 0 Å². The number of para-hydroxylation sites is 1. The van der Waals surface area contributed by atoms with Crippen LogP contribution in [0.5, 0.6) is 0 Å². The van der Waals surface area contributed by atoms with Crippen molar-refractivity contribution >= 4 is 17.5 Å². The zero-order valence-electron chi connectivity index (χ0n) is 12.3. The SMILES string of the molecule is CNc1ncc(F)c(NCCCN(C)c2ccccc2)n1. The zero-order valence-corrected chi connectivity index (χ0v) is 12.3. The molecule has 21 heavy (non-hydrogen) atoms. The van der Waals surface area contributed by atoms with Gasteiger partial charge in [-0.1, -0.05) is 18.2 Å². The second-order valence-electron chi connectivity index (χ2n) is 4.68. The Hall–Kier alpha value is -2.37. The second kappa shape index (κ2) is 7.42. The van der Waals surface area contributed by atoms with E-state index in [1.165, 1.54) is 5.69 Å². The fourth-order valence-corrected chi connectivity index (χ4v) is 1.95. The first-order valence-electron chi connectivity index (χ1n) is 6.91. The summed E-state index contributed by atoms with van der Waals surface area (Å²) in [4.78, 5) is 10.0. The third-order valence-electron chi connectivity index (χ3n) is 3.13. The Morgan fingerprint density at radius 2 is 2.00 bits per heavy atom. The molecule has 1 aromatic heterocycles. The van der Waals surface area contributed by atoms with Gasteiger partial charge in [-0.05, 0) is 18.6 Å². The molecule has 0 aliphatic carbocycles. The molecule has 2 rings (SSSR count). The van der Waals surface area contributed by atoms with Crippen molar-refractivity contribution in [1.29, 1.82) is 0 Å². The Kier molecular flexibility index (Phi) is 5.31. The number of rotatable bonds is 7. The molecule has 0 bridgehead atoms. The van der Waals surface area contributed by atoms with E-state index in [1.807, 2.05) is 25.2 Å². The van der Waals surface area contributed by atoms with E-state index in [-0.39, 0.29) is 5.82 Å². The standard InChI is InChI=1S/C15H20FN5/c1-17-15-19-11-13(16)14(20-15)18-9-6-10-21(2)12-7-4-3-5-8-12/h3-5,7-8,11H,6,9-10H2,1-2H3,(H2,17,18,19,20). The Bertz CT molecular complexity index is 561. The van der Waals surface area contributed by atoms with E-state index in [4.69, 9.17) is 0 Å². The van der Waals surface area contributed by atoms with Crippen LogP contribution < -0.4 is 15.5 Å². The number of hydrogen-bond acceptors (Lipinski definition) is 5. The van der Waals surface area contributed by atoms with Gasteiger partial charge >= 0.3 is 0 Å². The third-order valence-corrected chi connectivity index (χ3v) is 3.13. The van der Waals surface area contributed by atoms with Crippen LogP contribution in [0.25, 0.3) is 0 Å². The highest BCUT2D eigenvalue weighted by Crippen LogP contribution is 2.13. The summed E-state index contributed by atoms with van der Waals surface area (Å²) in [6.07, 6.45) is 2.04. The number of benzene rings is 1. The van der Waals surface area contributed by atoms with Gasteiger partial charge in [-0.25, -0.2) is 9.37 Å². The van der Waals surface area contributed by atoms with Crippen molar-refractivity contribution in [2.24, 2.45) is 0 Å². The Balaban J connectivity index is 1.80. The molecule has 0 amide bonds. The molecule has 0 atom stereocenters. The van der Waals surface area contributed by atoms with E-state index in [0.717, 1.165) is 19.2 Å². The number of nitrogens with zero attached hydrogens (tertiary/aromatic N) is 3. The largest absolute Gasteiger partial charge is 0.375 e. The normalized spacial score (nSPS) is 10.2. The summed E-state index contributed by atoms with van der Waals surface area (Å²) < 4.78 is 13.5. The lowest BCUT2D eigenvalue weighted by atomic mass is 10.3. The van der Waals surface area contributed by atoms with Crippen molar-refractivity contribution in [2.45, 2.75) is 6.42 Å². The molecule has 0 aliphatic heterocycles. The summed E-state index contributed by atoms with van der Waals surface area (Å²) in [6.45, 7) is 1.52. The van der Waals surface area contributed by atoms with Gasteiger partial charge in [-0.3, -0.25) is 0 Å². The summed E-state index contributed by atoms with van der Waals surface area (Å²) >= 11 is 0. The first-order valence-corrected chi connectivity index (χ1v) is 6.91. The third kappa shape index (κ3) is 4.30. The van der Waals surface area contributed by atoms with E-state index < -0.39 is 5.82 Å². The molecule has 0 radical (unpaired) electrons. The molecule has 2 aromatic rings. The smallest absolute Gasteiger partial charge is 0.224 e. The van der Waals surface area contributed by atoms with E-state index in [9.17, 15) is 4.39 Å². The number of aromatic nitrogens is 2. The van der Waals surface area contributed by atoms with Crippen LogP contribution in [0.15, 0.2) is 36.5 Å². The summed E-state index contributed by atoms with van der Waals surface area (Å²) in [7, 11) is 3.74. The minimum absolute atomic E-state index is 0.233. The molecular weight excluding hydrogens is 269 g/mol. The van der Waals surface area contributed by atoms with Gasteiger partial charge in [0.2, 0.25) is 5.95 Å². The average Bonchev–Trinajstić information content (AvgIpc) is 2.53. The highest BCUT2D eigenvalue weighted by Gasteiger charge is 2.05. The van der Waals surface area contributed by atoms with E-state index in [1.54, 1.807) is 7.05 Å². The summed E-state index contributed by atoms with van der Waals surface area (Å²) in [5, 5.41) is 5.79. The number of nitrogens with one attached hydrogen (secondary N) is 2. The molecule has 2 N–H and O–H groups in total. The number of hydrogen-bond donors (Lipinski definition) is 2. The molecule has 0 saturated heterocycles. The second-order valence-corrected chi connectivity index (χ2v) is 4.68. The fraction of sp³-hybridized carbons (Fsp3) is 0.333. The maximum absolute atomic E-state index is 13.5. The van der Waals surface area contributed by atoms with Crippen molar-refractivity contribution < 1.29 is 4.39 Å². The molecule has 0 saturated carbocycles. The highest BCUT2D eigenvalue weighted by atomic mass is 19.1. The van der Waals surface area contributed by atoms with Crippen molar-refractivity contribution in [1.82, 2.24) is 9.97 Å². The molecule has 0 unspecified atom stereocenters. The van der Waals surface area contributed by atoms with Gasteiger partial charge in [0.15, 0.2) is 11.6 Å². The van der Waals surface area contributed by atoms with Crippen LogP contribution in [0.3, 0.4) is 0 Å². The van der Waals surface area contributed by atoms with Gasteiger partial charge in [0.1, 0.15) is 0 Å². The minimum atomic E-state index is -0.439. The van der Waals surface area contributed by atoms with E-state index in [0.29, 0.717) is 12.5 Å². The molecule has 0 aliphatic rings. The van der Waals surface area contributed by atoms with Gasteiger partial charge < -0.3 is 15.5 Å². The van der Waals surface area contributed by atoms with Gasteiger partial charge in [-0.2, -0.15) is 4.98 Å². The Morgan fingerprint density at radius 3 is 2.71 bits per heavy atom. The number of halogens is 1. The maximum Gasteiger partial charge on any atom is 0.224 e. The molecule has 112 valence electrons. The van der Waals surface area contributed by atoms with Crippen LogP contribution in [-0.2, 0) is 0 Å². The van der Waals surface area contributed by atoms with Gasteiger partial charge in [0.25, 0.3) is 0 Å². The van der Waals surface area contributed by atoms with Gasteiger partial charge in [0.05, 0.1) is 6.20 Å². The lowest BCUT2D eigenvalue weighted by Gasteiger charge is -2.19. The molecule has 5 nitrogen and oxygen atoms in total. The zero-order chi connectivity index (χ0) is 15.1. The maximum atomic E-state index is 13.5. The molecular formula is C15H20FN5. The summed E-state index contributed by atoms with van der Waals surface area (Å²) in [5.41, 5.74) is 1.17. The monoisotopic (exact) mass is 289 g/mol. The van der Waals surface area contributed by atoms with E-state index in [2.05, 4.69) is 37.6 Å². The lowest BCUT2D eigenvalue weighted by Crippen LogP contribution is -2.21. The molecule has 1 aromatic carbocycles. The first-order chi connectivity index (χ1) is 10.2. The average molecular weight is 289 g/mol. The molecule has 0 spiro atoms. The van der Waals surface area contributed by atoms with Crippen LogP contribution in [0, 0.1) is 5.82 Å². The predicted octanol–water partition coefficient (Wildman–Crippen LogP) is 2.60. The molecule has 6 heteroatoms. The van der Waals surface area contributed by atoms with Crippen LogP contribution in [0.1, 0.15) is 6.42 Å². The summed E-state index contributed by atoms with van der Waals surface area (Å²) in [6, 6.07) is 10.2. The van der Waals surface area contributed by atoms with E-state index >= 15 is 0 Å². The van der Waals surface area contributed by atoms with Gasteiger partial charge in [0, 0.05) is 32.9 Å². The Labute approximate surface area is 124 Å².